The lowest BCUT2D eigenvalue weighted by atomic mass is 10.0. The van der Waals surface area contributed by atoms with Gasteiger partial charge in [0, 0.05) is 37.5 Å². The summed E-state index contributed by atoms with van der Waals surface area (Å²) >= 11 is 0. The van der Waals surface area contributed by atoms with Crippen LogP contribution in [0.25, 0.3) is 22.3 Å². The van der Waals surface area contributed by atoms with Gasteiger partial charge in [-0.25, -0.2) is 4.98 Å². The van der Waals surface area contributed by atoms with Crippen LogP contribution < -0.4 is 10.1 Å². The summed E-state index contributed by atoms with van der Waals surface area (Å²) in [4.78, 5) is 17.7. The van der Waals surface area contributed by atoms with E-state index in [4.69, 9.17) is 4.74 Å². The summed E-state index contributed by atoms with van der Waals surface area (Å²) in [5, 5.41) is 11.5. The van der Waals surface area contributed by atoms with Crippen molar-refractivity contribution in [2.75, 3.05) is 6.54 Å². The molecule has 8 nitrogen and oxygen atoms in total. The first-order chi connectivity index (χ1) is 13.1. The first kappa shape index (κ1) is 16.3. The van der Waals surface area contributed by atoms with Gasteiger partial charge < -0.3 is 14.6 Å². The molecule has 2 aliphatic rings. The average molecular weight is 366 g/mol. The summed E-state index contributed by atoms with van der Waals surface area (Å²) in [6.07, 6.45) is 6.43. The van der Waals surface area contributed by atoms with Crippen LogP contribution >= 0.6 is 0 Å². The van der Waals surface area contributed by atoms with Gasteiger partial charge in [0.1, 0.15) is 23.1 Å². The highest BCUT2D eigenvalue weighted by Gasteiger charge is 2.30. The summed E-state index contributed by atoms with van der Waals surface area (Å²) in [7, 11) is 1.80. The second-order valence-corrected chi connectivity index (χ2v) is 7.54. The van der Waals surface area contributed by atoms with Crippen LogP contribution in [-0.4, -0.2) is 43.1 Å². The molecule has 140 valence electrons. The molecule has 0 radical (unpaired) electrons. The van der Waals surface area contributed by atoms with Gasteiger partial charge in [0.25, 0.3) is 0 Å². The predicted molar refractivity (Wildman–Crippen MR) is 99.2 cm³/mol. The molecule has 8 heteroatoms. The largest absolute Gasteiger partial charge is 0.488 e. The minimum absolute atomic E-state index is 0.0770. The van der Waals surface area contributed by atoms with E-state index < -0.39 is 0 Å². The lowest BCUT2D eigenvalue weighted by Crippen LogP contribution is -2.25. The van der Waals surface area contributed by atoms with Crippen molar-refractivity contribution in [1.82, 2.24) is 29.9 Å². The summed E-state index contributed by atoms with van der Waals surface area (Å²) in [5.74, 6) is 1.06. The Balaban J connectivity index is 1.56. The molecule has 0 bridgehead atoms. The van der Waals surface area contributed by atoms with Crippen LogP contribution in [-0.2, 0) is 11.8 Å². The Morgan fingerprint density at radius 1 is 1.33 bits per heavy atom. The third kappa shape index (κ3) is 2.94. The zero-order valence-corrected chi connectivity index (χ0v) is 15.4. The van der Waals surface area contributed by atoms with E-state index in [1.165, 1.54) is 12.8 Å². The number of amides is 1. The van der Waals surface area contributed by atoms with Gasteiger partial charge in [-0.05, 0) is 31.9 Å². The molecule has 27 heavy (non-hydrogen) atoms. The molecule has 1 saturated heterocycles. The lowest BCUT2D eigenvalue weighted by Gasteiger charge is -2.21. The zero-order chi connectivity index (χ0) is 18.5. The number of nitrogens with one attached hydrogen (secondary N) is 1. The monoisotopic (exact) mass is 366 g/mol. The molecule has 1 aliphatic carbocycles. The summed E-state index contributed by atoms with van der Waals surface area (Å²) < 4.78 is 8.62. The van der Waals surface area contributed by atoms with Gasteiger partial charge in [-0.2, -0.15) is 15.0 Å². The number of hydrogen-bond acceptors (Lipinski definition) is 5. The number of hydrogen-bond donors (Lipinski definition) is 1. The first-order valence-electron chi connectivity index (χ1n) is 9.39. The Morgan fingerprint density at radius 3 is 2.85 bits per heavy atom. The number of imidazole rings is 1. The highest BCUT2D eigenvalue weighted by atomic mass is 16.5. The van der Waals surface area contributed by atoms with Crippen LogP contribution in [0.4, 0.5) is 0 Å². The maximum absolute atomic E-state index is 11.6. The molecular weight excluding hydrogens is 344 g/mol. The number of nitrogens with zero attached hydrogens (tertiary/aromatic N) is 5. The molecule has 3 aromatic rings. The molecular formula is C19H22N6O2. The van der Waals surface area contributed by atoms with Crippen LogP contribution in [0.15, 0.2) is 24.7 Å². The highest BCUT2D eigenvalue weighted by molar-refractivity contribution is 5.87. The molecule has 2 atom stereocenters. The van der Waals surface area contributed by atoms with Crippen molar-refractivity contribution in [3.8, 4) is 17.0 Å². The van der Waals surface area contributed by atoms with Gasteiger partial charge >= 0.3 is 0 Å². The van der Waals surface area contributed by atoms with E-state index in [9.17, 15) is 4.79 Å². The second-order valence-electron chi connectivity index (χ2n) is 7.54. The molecule has 3 heterocycles. The van der Waals surface area contributed by atoms with Crippen LogP contribution in [0.1, 0.15) is 32.2 Å². The van der Waals surface area contributed by atoms with Crippen LogP contribution in [0.3, 0.4) is 0 Å². The van der Waals surface area contributed by atoms with Crippen molar-refractivity contribution < 1.29 is 9.53 Å². The molecule has 1 aliphatic heterocycles. The minimum Gasteiger partial charge on any atom is -0.488 e. The SMILES string of the molecule is C[C@@H](Oc1cc(-c2cnn(C)n2)cc2ncn(C3CC3)c12)C1CNC(=O)C1. The number of carbonyl (C=O) groups is 1. The molecule has 2 fully saturated rings. The fourth-order valence-corrected chi connectivity index (χ4v) is 3.73. The molecule has 5 rings (SSSR count). The Hall–Kier alpha value is -2.90. The number of aryl methyl sites for hydroxylation is 1. The van der Waals surface area contributed by atoms with Gasteiger partial charge in [-0.1, -0.05) is 0 Å². The fraction of sp³-hybridized carbons (Fsp3) is 0.474. The number of rotatable bonds is 5. The van der Waals surface area contributed by atoms with E-state index in [0.717, 1.165) is 28.0 Å². The third-order valence-corrected chi connectivity index (χ3v) is 5.46. The normalized spacial score (nSPS) is 20.8. The Bertz CT molecular complexity index is 1020. The summed E-state index contributed by atoms with van der Waals surface area (Å²) in [6, 6.07) is 4.56. The average Bonchev–Trinajstić information content (AvgIpc) is 3.04. The molecule has 1 N–H and O–H groups in total. The lowest BCUT2D eigenvalue weighted by molar-refractivity contribution is -0.119. The maximum atomic E-state index is 11.6. The van der Waals surface area contributed by atoms with Crippen LogP contribution in [0, 0.1) is 5.92 Å². The van der Waals surface area contributed by atoms with E-state index in [1.807, 2.05) is 25.4 Å². The van der Waals surface area contributed by atoms with Gasteiger partial charge in [-0.15, -0.1) is 0 Å². The van der Waals surface area contributed by atoms with Gasteiger partial charge in [0.15, 0.2) is 0 Å². The summed E-state index contributed by atoms with van der Waals surface area (Å²) in [5.41, 5.74) is 3.64. The van der Waals surface area contributed by atoms with Gasteiger partial charge in [0.05, 0.1) is 18.0 Å². The van der Waals surface area contributed by atoms with Crippen molar-refractivity contribution in [3.05, 3.63) is 24.7 Å². The number of fused-ring (bicyclic) bond motifs is 1. The number of aromatic nitrogens is 5. The number of ether oxygens (including phenoxy) is 1. The van der Waals surface area contributed by atoms with Crippen molar-refractivity contribution in [1.29, 1.82) is 0 Å². The Morgan fingerprint density at radius 2 is 2.19 bits per heavy atom. The van der Waals surface area contributed by atoms with E-state index in [-0.39, 0.29) is 17.9 Å². The van der Waals surface area contributed by atoms with Gasteiger partial charge in [-0.3, -0.25) is 4.79 Å². The highest BCUT2D eigenvalue weighted by Crippen LogP contribution is 2.41. The topological polar surface area (TPSA) is 86.9 Å². The fourth-order valence-electron chi connectivity index (χ4n) is 3.73. The number of benzene rings is 1. The predicted octanol–water partition coefficient (Wildman–Crippen LogP) is 2.07. The van der Waals surface area contributed by atoms with Crippen LogP contribution in [0.5, 0.6) is 5.75 Å². The smallest absolute Gasteiger partial charge is 0.220 e. The third-order valence-electron chi connectivity index (χ3n) is 5.46. The van der Waals surface area contributed by atoms with Gasteiger partial charge in [0.2, 0.25) is 5.91 Å². The van der Waals surface area contributed by atoms with E-state index in [2.05, 4.69) is 25.1 Å². The maximum Gasteiger partial charge on any atom is 0.220 e. The van der Waals surface area contributed by atoms with Crippen molar-refractivity contribution in [3.63, 3.8) is 0 Å². The summed E-state index contributed by atoms with van der Waals surface area (Å²) in [6.45, 7) is 2.69. The molecule has 1 aromatic carbocycles. The van der Waals surface area contributed by atoms with Crippen molar-refractivity contribution >= 4 is 16.9 Å². The minimum atomic E-state index is -0.0770. The van der Waals surface area contributed by atoms with E-state index >= 15 is 0 Å². The molecule has 1 unspecified atom stereocenters. The Kier molecular flexibility index (Phi) is 3.66. The standard InChI is InChI=1S/C19H22N6O2/c1-11(13-7-18(26)20-8-13)27-17-6-12(16-9-22-24(2)23-16)5-15-19(17)25(10-21-15)14-3-4-14/h5-6,9-11,13-14H,3-4,7-8H2,1-2H3,(H,20,26)/t11-,13?/m1/s1. The van der Waals surface area contributed by atoms with E-state index in [0.29, 0.717) is 19.0 Å². The zero-order valence-electron chi connectivity index (χ0n) is 15.4. The molecule has 1 amide bonds. The first-order valence-corrected chi connectivity index (χ1v) is 9.39. The Labute approximate surface area is 156 Å². The van der Waals surface area contributed by atoms with Crippen molar-refractivity contribution in [2.24, 2.45) is 13.0 Å². The van der Waals surface area contributed by atoms with Crippen molar-refractivity contribution in [2.45, 2.75) is 38.3 Å². The van der Waals surface area contributed by atoms with Crippen LogP contribution in [0.2, 0.25) is 0 Å². The molecule has 2 aromatic heterocycles. The van der Waals surface area contributed by atoms with E-state index in [1.54, 1.807) is 18.0 Å². The second kappa shape index (κ2) is 6.07. The number of carbonyl (C=O) groups excluding carboxylic acids is 1. The molecule has 1 saturated carbocycles. The molecule has 0 spiro atoms. The quantitative estimate of drug-likeness (QED) is 0.747.